The van der Waals surface area contributed by atoms with Crippen molar-refractivity contribution in [2.75, 3.05) is 36.4 Å². The predicted octanol–water partition coefficient (Wildman–Crippen LogP) is 4.51. The van der Waals surface area contributed by atoms with Crippen molar-refractivity contribution in [2.24, 2.45) is 0 Å². The minimum absolute atomic E-state index is 0.0766. The Hall–Kier alpha value is -3.30. The first kappa shape index (κ1) is 26.3. The van der Waals surface area contributed by atoms with Crippen molar-refractivity contribution in [3.05, 3.63) is 60.1 Å². The fraction of sp³-hybridized carbons (Fsp3) is 0.333. The summed E-state index contributed by atoms with van der Waals surface area (Å²) < 4.78 is 61.5. The number of anilines is 2. The summed E-state index contributed by atoms with van der Waals surface area (Å²) in [6.07, 6.45) is -1.39. The Balaban J connectivity index is 1.37. The molecule has 0 spiro atoms. The molecule has 0 radical (unpaired) electrons. The summed E-state index contributed by atoms with van der Waals surface area (Å²) in [5.74, 6) is -0.408. The van der Waals surface area contributed by atoms with E-state index in [4.69, 9.17) is 14.0 Å². The molecule has 2 aromatic carbocycles. The zero-order valence-electron chi connectivity index (χ0n) is 20.1. The molecule has 1 aromatic heterocycles. The Kier molecular flexibility index (Phi) is 7.76. The lowest BCUT2D eigenvalue weighted by Gasteiger charge is -2.47. The smallest absolute Gasteiger partial charge is 0.263 e. The van der Waals surface area contributed by atoms with E-state index in [0.717, 1.165) is 16.7 Å². The second kappa shape index (κ2) is 11.2. The predicted molar refractivity (Wildman–Crippen MR) is 132 cm³/mol. The highest BCUT2D eigenvalue weighted by atomic mass is 32.2. The number of methoxy groups -OCH3 is 1. The summed E-state index contributed by atoms with van der Waals surface area (Å²) >= 11 is 0.878. The number of halogens is 3. The van der Waals surface area contributed by atoms with Crippen LogP contribution in [-0.4, -0.2) is 64.8 Å². The number of fused-ring (bicyclic) bond motifs is 1. The van der Waals surface area contributed by atoms with Crippen molar-refractivity contribution in [2.45, 2.75) is 25.0 Å². The number of alkyl halides is 2. The maximum Gasteiger partial charge on any atom is 0.263 e. The van der Waals surface area contributed by atoms with E-state index in [2.05, 4.69) is 9.88 Å². The number of nitrogens with zero attached hydrogens (tertiary/aromatic N) is 4. The van der Waals surface area contributed by atoms with Gasteiger partial charge in [0.25, 0.3) is 12.3 Å². The average molecular weight is 552 g/mol. The molecule has 2 saturated heterocycles. The van der Waals surface area contributed by atoms with Gasteiger partial charge in [-0.15, -0.1) is 0 Å². The van der Waals surface area contributed by atoms with Crippen LogP contribution in [0.1, 0.15) is 18.4 Å². The van der Waals surface area contributed by atoms with Crippen LogP contribution in [-0.2, 0) is 9.53 Å². The summed E-state index contributed by atoms with van der Waals surface area (Å²) in [5.41, 5.74) is 0.339. The van der Waals surface area contributed by atoms with Crippen molar-refractivity contribution >= 4 is 29.5 Å². The number of benzene rings is 2. The van der Waals surface area contributed by atoms with Gasteiger partial charge in [-0.2, -0.15) is 0 Å². The van der Waals surface area contributed by atoms with Crippen molar-refractivity contribution in [1.29, 1.82) is 0 Å². The average Bonchev–Trinajstić information content (AvgIpc) is 3.45. The standard InChI is InChI=1S/C24H24F3N5O5S/c1-35-20-10-16(14-3-2-4-15(9-14)24(26)27)17(25)11-19(20)31-18-5-7-30(12-21(18)36-13-23(31)33)32(34)38-29-22-6-8-37-28-22/h2-4,6,8-11,18,21,24,34H,5,7,12-13H2,1H3,(H,28,29). The van der Waals surface area contributed by atoms with E-state index in [0.29, 0.717) is 18.8 Å². The normalized spacial score (nSPS) is 20.2. The van der Waals surface area contributed by atoms with E-state index in [1.807, 2.05) is 0 Å². The van der Waals surface area contributed by atoms with Crippen LogP contribution in [0.25, 0.3) is 11.1 Å². The van der Waals surface area contributed by atoms with Gasteiger partial charge >= 0.3 is 0 Å². The monoisotopic (exact) mass is 551 g/mol. The Labute approximate surface area is 220 Å². The summed E-state index contributed by atoms with van der Waals surface area (Å²) in [4.78, 5) is 14.5. The molecule has 2 atom stereocenters. The Morgan fingerprint density at radius 1 is 1.29 bits per heavy atom. The first-order valence-corrected chi connectivity index (χ1v) is 12.4. The molecule has 2 unspecified atom stereocenters. The van der Waals surface area contributed by atoms with E-state index in [1.165, 1.54) is 54.7 Å². The Bertz CT molecular complexity index is 1280. The molecular weight excluding hydrogens is 527 g/mol. The number of nitrogens with one attached hydrogen (secondary N) is 1. The molecule has 14 heteroatoms. The number of carbonyl (C=O) groups is 1. The van der Waals surface area contributed by atoms with E-state index >= 15 is 4.39 Å². The number of rotatable bonds is 8. The van der Waals surface area contributed by atoms with Crippen LogP contribution in [0.3, 0.4) is 0 Å². The number of amides is 1. The van der Waals surface area contributed by atoms with Crippen LogP contribution < -0.4 is 14.4 Å². The van der Waals surface area contributed by atoms with Gasteiger partial charge in [-0.25, -0.2) is 18.2 Å². The van der Waals surface area contributed by atoms with Gasteiger partial charge < -0.3 is 18.9 Å². The molecule has 3 aromatic rings. The Morgan fingerprint density at radius 3 is 2.87 bits per heavy atom. The SMILES string of the molecule is COc1cc(-c2cccc(C(F)F)c2)c(F)cc1N1C(=O)COC2CN(N(O)SNc3ccon3)CCC21. The number of hydrogen-bond acceptors (Lipinski definition) is 10. The molecule has 2 fully saturated rings. The van der Waals surface area contributed by atoms with Gasteiger partial charge in [0.15, 0.2) is 5.82 Å². The van der Waals surface area contributed by atoms with Crippen LogP contribution in [0.15, 0.2) is 53.3 Å². The highest BCUT2D eigenvalue weighted by Crippen LogP contribution is 2.40. The lowest BCUT2D eigenvalue weighted by molar-refractivity contribution is -0.191. The number of morpholine rings is 1. The molecule has 3 heterocycles. The molecular formula is C24H24F3N5O5S. The molecule has 0 saturated carbocycles. The maximum atomic E-state index is 15.4. The first-order valence-electron chi connectivity index (χ1n) is 11.6. The third-order valence-electron chi connectivity index (χ3n) is 6.41. The van der Waals surface area contributed by atoms with E-state index < -0.39 is 24.4 Å². The van der Waals surface area contributed by atoms with Gasteiger partial charge in [0.2, 0.25) is 0 Å². The molecule has 2 N–H and O–H groups in total. The van der Waals surface area contributed by atoms with Crippen LogP contribution in [0.2, 0.25) is 0 Å². The molecule has 1 amide bonds. The van der Waals surface area contributed by atoms with E-state index in [1.54, 1.807) is 11.1 Å². The van der Waals surface area contributed by atoms with Gasteiger partial charge in [0.05, 0.1) is 37.1 Å². The lowest BCUT2D eigenvalue weighted by Crippen LogP contribution is -2.63. The minimum Gasteiger partial charge on any atom is -0.495 e. The molecule has 202 valence electrons. The number of piperidine rings is 1. The third-order valence-corrected chi connectivity index (χ3v) is 7.11. The lowest BCUT2D eigenvalue weighted by atomic mass is 9.96. The van der Waals surface area contributed by atoms with Crippen LogP contribution in [0.4, 0.5) is 24.7 Å². The highest BCUT2D eigenvalue weighted by molar-refractivity contribution is 7.98. The number of hydrazine groups is 1. The molecule has 38 heavy (non-hydrogen) atoms. The molecule has 0 bridgehead atoms. The molecule has 2 aliphatic heterocycles. The molecule has 0 aliphatic carbocycles. The van der Waals surface area contributed by atoms with Gasteiger partial charge in [-0.1, -0.05) is 23.4 Å². The quantitative estimate of drug-likeness (QED) is 0.307. The largest absolute Gasteiger partial charge is 0.495 e. The first-order chi connectivity index (χ1) is 18.4. The molecule has 5 rings (SSSR count). The van der Waals surface area contributed by atoms with Crippen molar-refractivity contribution < 1.29 is 37.2 Å². The topological polar surface area (TPSA) is 104 Å². The zero-order valence-corrected chi connectivity index (χ0v) is 20.9. The van der Waals surface area contributed by atoms with Gasteiger partial charge in [-0.3, -0.25) is 14.7 Å². The summed E-state index contributed by atoms with van der Waals surface area (Å²) in [7, 11) is 1.39. The van der Waals surface area contributed by atoms with Crippen molar-refractivity contribution in [1.82, 2.24) is 14.7 Å². The maximum absolute atomic E-state index is 15.4. The fourth-order valence-electron chi connectivity index (χ4n) is 4.62. The third kappa shape index (κ3) is 5.31. The summed E-state index contributed by atoms with van der Waals surface area (Å²) in [6, 6.07) is 9.20. The highest BCUT2D eigenvalue weighted by Gasteiger charge is 2.43. The van der Waals surface area contributed by atoms with Gasteiger partial charge in [-0.05, 0) is 28.7 Å². The second-order valence-electron chi connectivity index (χ2n) is 8.64. The Morgan fingerprint density at radius 2 is 2.13 bits per heavy atom. The number of aromatic nitrogens is 1. The second-order valence-corrected chi connectivity index (χ2v) is 9.36. The summed E-state index contributed by atoms with van der Waals surface area (Å²) in [5, 5.41) is 15.8. The van der Waals surface area contributed by atoms with Crippen molar-refractivity contribution in [3.63, 3.8) is 0 Å². The van der Waals surface area contributed by atoms with Crippen LogP contribution in [0, 0.1) is 5.82 Å². The van der Waals surface area contributed by atoms with Crippen LogP contribution in [0.5, 0.6) is 5.75 Å². The van der Waals surface area contributed by atoms with Gasteiger partial charge in [0.1, 0.15) is 24.4 Å². The van der Waals surface area contributed by atoms with Gasteiger partial charge in [0, 0.05) is 36.3 Å². The number of carbonyl (C=O) groups excluding carboxylic acids is 1. The minimum atomic E-state index is -2.70. The van der Waals surface area contributed by atoms with Crippen LogP contribution >= 0.6 is 12.1 Å². The molecule has 10 nitrogen and oxygen atoms in total. The van der Waals surface area contributed by atoms with E-state index in [-0.39, 0.29) is 47.2 Å². The number of ether oxygens (including phenoxy) is 2. The number of hydrogen-bond donors (Lipinski definition) is 2. The van der Waals surface area contributed by atoms with E-state index in [9.17, 15) is 18.8 Å². The molecule has 2 aliphatic rings. The summed E-state index contributed by atoms with van der Waals surface area (Å²) in [6.45, 7) is 0.372. The van der Waals surface area contributed by atoms with Crippen molar-refractivity contribution in [3.8, 4) is 16.9 Å². The zero-order chi connectivity index (χ0) is 26.8. The fourth-order valence-corrected chi connectivity index (χ4v) is 5.16.